The lowest BCUT2D eigenvalue weighted by Crippen LogP contribution is -2.53. The summed E-state index contributed by atoms with van der Waals surface area (Å²) in [5.41, 5.74) is 1.32. The lowest BCUT2D eigenvalue weighted by atomic mass is 10.0. The minimum atomic E-state index is 0.356. The van der Waals surface area contributed by atoms with Gasteiger partial charge in [-0.3, -0.25) is 9.80 Å². The van der Waals surface area contributed by atoms with E-state index >= 15 is 0 Å². The van der Waals surface area contributed by atoms with E-state index in [1.54, 1.807) is 0 Å². The van der Waals surface area contributed by atoms with Gasteiger partial charge in [-0.25, -0.2) is 0 Å². The van der Waals surface area contributed by atoms with E-state index in [2.05, 4.69) is 41.8 Å². The molecule has 0 N–H and O–H groups in total. The van der Waals surface area contributed by atoms with Crippen molar-refractivity contribution in [1.82, 2.24) is 9.80 Å². The van der Waals surface area contributed by atoms with Gasteiger partial charge < -0.3 is 9.47 Å². The molecule has 0 bridgehead atoms. The molecule has 4 nitrogen and oxygen atoms in total. The molecular formula is C24H32N2O2. The third-order valence-corrected chi connectivity index (χ3v) is 5.80. The summed E-state index contributed by atoms with van der Waals surface area (Å²) in [6.07, 6.45) is 3.21. The average molecular weight is 381 g/mol. The van der Waals surface area contributed by atoms with Crippen LogP contribution in [0, 0.1) is 0 Å². The molecular weight excluding hydrogens is 348 g/mol. The summed E-state index contributed by atoms with van der Waals surface area (Å²) in [6.45, 7) is 9.87. The van der Waals surface area contributed by atoms with Crippen LogP contribution < -0.4 is 4.74 Å². The van der Waals surface area contributed by atoms with Crippen molar-refractivity contribution in [3.63, 3.8) is 0 Å². The van der Waals surface area contributed by atoms with E-state index in [0.717, 1.165) is 44.2 Å². The molecule has 0 spiro atoms. The molecule has 4 heteroatoms. The summed E-state index contributed by atoms with van der Waals surface area (Å²) in [5.74, 6) is 1.80. The zero-order valence-corrected chi connectivity index (χ0v) is 17.1. The van der Waals surface area contributed by atoms with Crippen LogP contribution in [0.3, 0.4) is 0 Å². The number of morpholine rings is 1. The van der Waals surface area contributed by atoms with Crippen LogP contribution in [0.5, 0.6) is 11.5 Å². The van der Waals surface area contributed by atoms with Crippen LogP contribution in [-0.2, 0) is 11.3 Å². The number of hydrogen-bond acceptors (Lipinski definition) is 4. The molecule has 0 aromatic heterocycles. The highest BCUT2D eigenvalue weighted by molar-refractivity contribution is 5.33. The molecule has 4 rings (SSSR count). The second kappa shape index (κ2) is 9.08. The van der Waals surface area contributed by atoms with E-state index in [1.807, 2.05) is 36.4 Å². The van der Waals surface area contributed by atoms with Gasteiger partial charge in [0.1, 0.15) is 11.5 Å². The summed E-state index contributed by atoms with van der Waals surface area (Å²) in [6, 6.07) is 19.2. The molecule has 28 heavy (non-hydrogen) atoms. The third-order valence-electron chi connectivity index (χ3n) is 5.80. The Balaban J connectivity index is 1.29. The minimum Gasteiger partial charge on any atom is -0.457 e. The monoisotopic (exact) mass is 380 g/mol. The third kappa shape index (κ3) is 5.13. The van der Waals surface area contributed by atoms with Crippen molar-refractivity contribution in [3.8, 4) is 11.5 Å². The Bertz CT molecular complexity index is 733. The maximum atomic E-state index is 5.99. The number of hydrogen-bond donors (Lipinski definition) is 0. The van der Waals surface area contributed by atoms with Gasteiger partial charge in [0.05, 0.1) is 12.2 Å². The van der Waals surface area contributed by atoms with Gasteiger partial charge in [-0.05, 0) is 69.6 Å². The smallest absolute Gasteiger partial charge is 0.127 e. The topological polar surface area (TPSA) is 24.9 Å². The van der Waals surface area contributed by atoms with Crippen LogP contribution in [0.15, 0.2) is 54.6 Å². The van der Waals surface area contributed by atoms with E-state index in [-0.39, 0.29) is 0 Å². The summed E-state index contributed by atoms with van der Waals surface area (Å²) >= 11 is 0. The Kier molecular flexibility index (Phi) is 6.30. The lowest BCUT2D eigenvalue weighted by Gasteiger charge is -2.43. The van der Waals surface area contributed by atoms with Crippen molar-refractivity contribution in [3.05, 3.63) is 60.2 Å². The molecule has 2 saturated heterocycles. The Hall–Kier alpha value is -1.88. The molecule has 0 saturated carbocycles. The molecule has 0 radical (unpaired) electrons. The van der Waals surface area contributed by atoms with E-state index in [4.69, 9.17) is 9.47 Å². The van der Waals surface area contributed by atoms with Crippen molar-refractivity contribution in [2.45, 2.75) is 51.5 Å². The predicted molar refractivity (Wildman–Crippen MR) is 113 cm³/mol. The molecule has 0 amide bonds. The standard InChI is InChI=1S/C24H32N2O2/c1-19-16-26(17-20(2)27-19)22-11-13-25(14-12-22)18-21-7-6-10-24(15-21)28-23-8-4-3-5-9-23/h3-10,15,19-20,22H,11-14,16-18H2,1-2H3/t19-,20+. The first-order valence-corrected chi connectivity index (χ1v) is 10.6. The van der Waals surface area contributed by atoms with Crippen molar-refractivity contribution >= 4 is 0 Å². The molecule has 2 aliphatic heterocycles. The maximum Gasteiger partial charge on any atom is 0.127 e. The Morgan fingerprint density at radius 1 is 0.893 bits per heavy atom. The molecule has 2 aliphatic rings. The molecule has 2 heterocycles. The summed E-state index contributed by atoms with van der Waals surface area (Å²) in [5, 5.41) is 0. The Labute approximate surface area is 169 Å². The molecule has 150 valence electrons. The molecule has 2 fully saturated rings. The van der Waals surface area contributed by atoms with Crippen molar-refractivity contribution in [2.24, 2.45) is 0 Å². The number of rotatable bonds is 5. The normalized spacial score (nSPS) is 24.9. The summed E-state index contributed by atoms with van der Waals surface area (Å²) < 4.78 is 11.9. The van der Waals surface area contributed by atoms with Crippen LogP contribution in [0.25, 0.3) is 0 Å². The maximum absolute atomic E-state index is 5.99. The van der Waals surface area contributed by atoms with Gasteiger partial charge in [0.25, 0.3) is 0 Å². The molecule has 0 aliphatic carbocycles. The van der Waals surface area contributed by atoms with E-state index in [1.165, 1.54) is 18.4 Å². The average Bonchev–Trinajstić information content (AvgIpc) is 2.69. The van der Waals surface area contributed by atoms with Crippen molar-refractivity contribution in [1.29, 1.82) is 0 Å². The second-order valence-corrected chi connectivity index (χ2v) is 8.28. The highest BCUT2D eigenvalue weighted by Gasteiger charge is 2.30. The summed E-state index contributed by atoms with van der Waals surface area (Å²) in [4.78, 5) is 5.23. The van der Waals surface area contributed by atoms with Gasteiger partial charge in [-0.15, -0.1) is 0 Å². The number of benzene rings is 2. The lowest BCUT2D eigenvalue weighted by molar-refractivity contribution is -0.0865. The van der Waals surface area contributed by atoms with Crippen LogP contribution in [0.2, 0.25) is 0 Å². The van der Waals surface area contributed by atoms with E-state index in [9.17, 15) is 0 Å². The van der Waals surface area contributed by atoms with Crippen LogP contribution in [0.1, 0.15) is 32.3 Å². The molecule has 0 unspecified atom stereocenters. The van der Waals surface area contributed by atoms with Gasteiger partial charge >= 0.3 is 0 Å². The predicted octanol–water partition coefficient (Wildman–Crippen LogP) is 4.55. The van der Waals surface area contributed by atoms with Crippen LogP contribution in [-0.4, -0.2) is 54.2 Å². The highest BCUT2D eigenvalue weighted by atomic mass is 16.5. The molecule has 2 aromatic rings. The number of ether oxygens (including phenoxy) is 2. The fraction of sp³-hybridized carbons (Fsp3) is 0.500. The van der Waals surface area contributed by atoms with Gasteiger partial charge in [0.15, 0.2) is 0 Å². The van der Waals surface area contributed by atoms with Crippen LogP contribution in [0.4, 0.5) is 0 Å². The number of nitrogens with zero attached hydrogens (tertiary/aromatic N) is 2. The number of para-hydroxylation sites is 1. The largest absolute Gasteiger partial charge is 0.457 e. The van der Waals surface area contributed by atoms with Crippen LogP contribution >= 0.6 is 0 Å². The zero-order chi connectivity index (χ0) is 19.3. The first-order chi connectivity index (χ1) is 13.7. The highest BCUT2D eigenvalue weighted by Crippen LogP contribution is 2.25. The Morgan fingerprint density at radius 3 is 2.29 bits per heavy atom. The van der Waals surface area contributed by atoms with Gasteiger partial charge in [-0.2, -0.15) is 0 Å². The Morgan fingerprint density at radius 2 is 1.57 bits per heavy atom. The fourth-order valence-corrected chi connectivity index (χ4v) is 4.55. The zero-order valence-electron chi connectivity index (χ0n) is 17.1. The molecule has 2 aromatic carbocycles. The fourth-order valence-electron chi connectivity index (χ4n) is 4.55. The van der Waals surface area contributed by atoms with Gasteiger partial charge in [0, 0.05) is 25.7 Å². The quantitative estimate of drug-likeness (QED) is 0.760. The first kappa shape index (κ1) is 19.4. The first-order valence-electron chi connectivity index (χ1n) is 10.6. The number of likely N-dealkylation sites (tertiary alicyclic amines) is 1. The van der Waals surface area contributed by atoms with E-state index in [0.29, 0.717) is 18.2 Å². The van der Waals surface area contributed by atoms with Gasteiger partial charge in [-0.1, -0.05) is 30.3 Å². The SMILES string of the molecule is C[C@@H]1CN(C2CCN(Cc3cccc(Oc4ccccc4)c3)CC2)C[C@H](C)O1. The number of piperidine rings is 1. The summed E-state index contributed by atoms with van der Waals surface area (Å²) in [7, 11) is 0. The van der Waals surface area contributed by atoms with Crippen molar-refractivity contribution < 1.29 is 9.47 Å². The van der Waals surface area contributed by atoms with Gasteiger partial charge in [0.2, 0.25) is 0 Å². The molecule has 2 atom stereocenters. The minimum absolute atomic E-state index is 0.356. The second-order valence-electron chi connectivity index (χ2n) is 8.28. The van der Waals surface area contributed by atoms with E-state index < -0.39 is 0 Å². The van der Waals surface area contributed by atoms with Crippen molar-refractivity contribution in [2.75, 3.05) is 26.2 Å².